The van der Waals surface area contributed by atoms with E-state index in [4.69, 9.17) is 5.11 Å². The lowest BCUT2D eigenvalue weighted by Gasteiger charge is -2.10. The summed E-state index contributed by atoms with van der Waals surface area (Å²) in [4.78, 5) is 0. The Balaban J connectivity index is 2.06. The number of aryl methyl sites for hydroxylation is 1. The number of aliphatic hydroxyl groups excluding tert-OH is 1. The molecule has 1 aromatic rings. The summed E-state index contributed by atoms with van der Waals surface area (Å²) in [5, 5.41) is 9.07. The average Bonchev–Trinajstić information content (AvgIpc) is 2.67. The van der Waals surface area contributed by atoms with Crippen LogP contribution in [0.4, 0.5) is 0 Å². The molecule has 0 aromatic heterocycles. The predicted molar refractivity (Wildman–Crippen MR) is 58.3 cm³/mol. The molecule has 1 nitrogen and oxygen atoms in total. The van der Waals surface area contributed by atoms with E-state index in [0.717, 1.165) is 0 Å². The lowest BCUT2D eigenvalue weighted by Crippen LogP contribution is -2.00. The van der Waals surface area contributed by atoms with Gasteiger partial charge in [-0.05, 0) is 43.6 Å². The molecule has 0 spiro atoms. The molecular formula is C13H18O. The number of aliphatic hydroxyl groups is 1. The largest absolute Gasteiger partial charge is 0.396 e. The summed E-state index contributed by atoms with van der Waals surface area (Å²) in [6.45, 7) is 2.48. The van der Waals surface area contributed by atoms with Gasteiger partial charge in [0.15, 0.2) is 0 Å². The fourth-order valence-electron chi connectivity index (χ4n) is 2.38. The SMILES string of the molecule is Cc1ccc([C@H]2CCC(CO)C2)cc1. The third kappa shape index (κ3) is 1.98. The van der Waals surface area contributed by atoms with E-state index < -0.39 is 0 Å². The van der Waals surface area contributed by atoms with Crippen LogP contribution in [-0.2, 0) is 0 Å². The summed E-state index contributed by atoms with van der Waals surface area (Å²) in [5.41, 5.74) is 2.78. The highest BCUT2D eigenvalue weighted by Gasteiger charge is 2.24. The van der Waals surface area contributed by atoms with Crippen LogP contribution in [0.5, 0.6) is 0 Å². The van der Waals surface area contributed by atoms with E-state index in [9.17, 15) is 0 Å². The quantitative estimate of drug-likeness (QED) is 0.760. The molecule has 1 aliphatic carbocycles. The van der Waals surface area contributed by atoms with Crippen LogP contribution >= 0.6 is 0 Å². The fraction of sp³-hybridized carbons (Fsp3) is 0.538. The van der Waals surface area contributed by atoms with Crippen molar-refractivity contribution in [3.8, 4) is 0 Å². The van der Waals surface area contributed by atoms with E-state index in [1.807, 2.05) is 0 Å². The van der Waals surface area contributed by atoms with Gasteiger partial charge in [-0.15, -0.1) is 0 Å². The number of rotatable bonds is 2. The topological polar surface area (TPSA) is 20.2 Å². The first-order valence-electron chi connectivity index (χ1n) is 5.47. The summed E-state index contributed by atoms with van der Waals surface area (Å²) in [7, 11) is 0. The van der Waals surface area contributed by atoms with Gasteiger partial charge in [-0.25, -0.2) is 0 Å². The standard InChI is InChI=1S/C13H18O/c1-10-2-5-12(6-3-10)13-7-4-11(8-13)9-14/h2-3,5-6,11,13-14H,4,7-9H2,1H3/t11?,13-/m0/s1. The highest BCUT2D eigenvalue weighted by atomic mass is 16.3. The summed E-state index contributed by atoms with van der Waals surface area (Å²) in [6, 6.07) is 8.84. The number of hydrogen-bond donors (Lipinski definition) is 1. The Morgan fingerprint density at radius 2 is 1.93 bits per heavy atom. The van der Waals surface area contributed by atoms with Gasteiger partial charge in [0.05, 0.1) is 0 Å². The Hall–Kier alpha value is -0.820. The highest BCUT2D eigenvalue weighted by Crippen LogP contribution is 2.37. The Morgan fingerprint density at radius 1 is 1.21 bits per heavy atom. The first-order chi connectivity index (χ1) is 6.79. The van der Waals surface area contributed by atoms with Crippen LogP contribution in [0.3, 0.4) is 0 Å². The van der Waals surface area contributed by atoms with Crippen molar-refractivity contribution in [3.05, 3.63) is 35.4 Å². The van der Waals surface area contributed by atoms with Crippen LogP contribution in [0.1, 0.15) is 36.3 Å². The zero-order chi connectivity index (χ0) is 9.97. The van der Waals surface area contributed by atoms with Crippen LogP contribution in [0.25, 0.3) is 0 Å². The zero-order valence-electron chi connectivity index (χ0n) is 8.74. The highest BCUT2D eigenvalue weighted by molar-refractivity contribution is 5.25. The van der Waals surface area contributed by atoms with E-state index in [0.29, 0.717) is 18.4 Å². The molecule has 1 aliphatic rings. The lowest BCUT2D eigenvalue weighted by molar-refractivity contribution is 0.229. The van der Waals surface area contributed by atoms with E-state index >= 15 is 0 Å². The monoisotopic (exact) mass is 190 g/mol. The third-order valence-electron chi connectivity index (χ3n) is 3.35. The Labute approximate surface area is 85.8 Å². The van der Waals surface area contributed by atoms with Crippen LogP contribution < -0.4 is 0 Å². The summed E-state index contributed by atoms with van der Waals surface area (Å²) in [5.74, 6) is 1.23. The predicted octanol–water partition coefficient (Wildman–Crippen LogP) is 2.87. The van der Waals surface area contributed by atoms with E-state index in [1.165, 1.54) is 30.4 Å². The molecule has 0 heterocycles. The second-order valence-corrected chi connectivity index (χ2v) is 4.47. The van der Waals surface area contributed by atoms with Crippen LogP contribution in [0, 0.1) is 12.8 Å². The van der Waals surface area contributed by atoms with Gasteiger partial charge in [0.25, 0.3) is 0 Å². The molecule has 1 saturated carbocycles. The van der Waals surface area contributed by atoms with Crippen molar-refractivity contribution in [2.24, 2.45) is 5.92 Å². The number of hydrogen-bond acceptors (Lipinski definition) is 1. The second kappa shape index (κ2) is 4.14. The average molecular weight is 190 g/mol. The lowest BCUT2D eigenvalue weighted by atomic mass is 9.96. The van der Waals surface area contributed by atoms with Gasteiger partial charge in [0.2, 0.25) is 0 Å². The molecule has 76 valence electrons. The van der Waals surface area contributed by atoms with Gasteiger partial charge in [-0.3, -0.25) is 0 Å². The van der Waals surface area contributed by atoms with Gasteiger partial charge in [0, 0.05) is 6.61 Å². The Morgan fingerprint density at radius 3 is 2.50 bits per heavy atom. The molecule has 0 radical (unpaired) electrons. The maximum atomic E-state index is 9.07. The van der Waals surface area contributed by atoms with Crippen molar-refractivity contribution in [1.29, 1.82) is 0 Å². The Kier molecular flexibility index (Phi) is 2.87. The maximum Gasteiger partial charge on any atom is 0.0459 e. The van der Waals surface area contributed by atoms with Crippen molar-refractivity contribution in [2.45, 2.75) is 32.1 Å². The minimum absolute atomic E-state index is 0.363. The summed E-state index contributed by atoms with van der Waals surface area (Å²) < 4.78 is 0. The maximum absolute atomic E-state index is 9.07. The second-order valence-electron chi connectivity index (χ2n) is 4.47. The van der Waals surface area contributed by atoms with E-state index in [-0.39, 0.29) is 0 Å². The van der Waals surface area contributed by atoms with Gasteiger partial charge in [-0.2, -0.15) is 0 Å². The molecule has 0 bridgehead atoms. The molecule has 1 N–H and O–H groups in total. The molecular weight excluding hydrogens is 172 g/mol. The molecule has 0 aliphatic heterocycles. The third-order valence-corrected chi connectivity index (χ3v) is 3.35. The molecule has 1 fully saturated rings. The summed E-state index contributed by atoms with van der Waals surface area (Å²) in [6.07, 6.45) is 3.60. The van der Waals surface area contributed by atoms with Crippen molar-refractivity contribution >= 4 is 0 Å². The molecule has 1 aromatic carbocycles. The Bertz CT molecular complexity index is 289. The molecule has 1 unspecified atom stereocenters. The van der Waals surface area contributed by atoms with Crippen molar-refractivity contribution in [2.75, 3.05) is 6.61 Å². The van der Waals surface area contributed by atoms with E-state index in [1.54, 1.807) is 0 Å². The minimum Gasteiger partial charge on any atom is -0.396 e. The van der Waals surface area contributed by atoms with Gasteiger partial charge in [-0.1, -0.05) is 29.8 Å². The first-order valence-corrected chi connectivity index (χ1v) is 5.47. The molecule has 0 amide bonds. The fourth-order valence-corrected chi connectivity index (χ4v) is 2.38. The van der Waals surface area contributed by atoms with Crippen LogP contribution in [0.2, 0.25) is 0 Å². The van der Waals surface area contributed by atoms with E-state index in [2.05, 4.69) is 31.2 Å². The smallest absolute Gasteiger partial charge is 0.0459 e. The molecule has 2 rings (SSSR count). The van der Waals surface area contributed by atoms with Gasteiger partial charge in [0.1, 0.15) is 0 Å². The summed E-state index contributed by atoms with van der Waals surface area (Å²) >= 11 is 0. The minimum atomic E-state index is 0.363. The van der Waals surface area contributed by atoms with Crippen molar-refractivity contribution in [1.82, 2.24) is 0 Å². The molecule has 1 heteroatoms. The first kappa shape index (κ1) is 9.72. The van der Waals surface area contributed by atoms with Crippen molar-refractivity contribution < 1.29 is 5.11 Å². The molecule has 0 saturated heterocycles. The van der Waals surface area contributed by atoms with Crippen LogP contribution in [0.15, 0.2) is 24.3 Å². The van der Waals surface area contributed by atoms with Crippen LogP contribution in [-0.4, -0.2) is 11.7 Å². The normalized spacial score (nSPS) is 26.7. The van der Waals surface area contributed by atoms with Crippen molar-refractivity contribution in [3.63, 3.8) is 0 Å². The van der Waals surface area contributed by atoms with Gasteiger partial charge < -0.3 is 5.11 Å². The number of benzene rings is 1. The molecule has 2 atom stereocenters. The van der Waals surface area contributed by atoms with Gasteiger partial charge >= 0.3 is 0 Å². The molecule has 14 heavy (non-hydrogen) atoms. The zero-order valence-corrected chi connectivity index (χ0v) is 8.74.